The van der Waals surface area contributed by atoms with E-state index in [0.717, 1.165) is 62.2 Å². The number of ether oxygens (including phenoxy) is 1. The van der Waals surface area contributed by atoms with E-state index in [-0.39, 0.29) is 5.91 Å². The normalized spacial score (nSPS) is 13.4. The van der Waals surface area contributed by atoms with Gasteiger partial charge < -0.3 is 10.1 Å². The van der Waals surface area contributed by atoms with Crippen LogP contribution in [0, 0.1) is 0 Å². The first-order valence-corrected chi connectivity index (χ1v) is 11.5. The van der Waals surface area contributed by atoms with Crippen molar-refractivity contribution < 1.29 is 9.53 Å². The third-order valence-corrected chi connectivity index (χ3v) is 6.18. The molecule has 4 rings (SSSR count). The maximum absolute atomic E-state index is 12.9. The lowest BCUT2D eigenvalue weighted by Crippen LogP contribution is -2.32. The number of aryl methyl sites for hydroxylation is 1. The highest BCUT2D eigenvalue weighted by Crippen LogP contribution is 2.25. The molecule has 0 aromatic heterocycles. The Morgan fingerprint density at radius 1 is 0.969 bits per heavy atom. The number of fused-ring (bicyclic) bond motifs is 1. The average Bonchev–Trinajstić information content (AvgIpc) is 2.84. The molecule has 0 saturated carbocycles. The third-order valence-electron chi connectivity index (χ3n) is 6.18. The Hall–Kier alpha value is -3.11. The highest BCUT2D eigenvalue weighted by atomic mass is 16.5. The zero-order valence-corrected chi connectivity index (χ0v) is 18.8. The van der Waals surface area contributed by atoms with Crippen molar-refractivity contribution in [3.63, 3.8) is 0 Å². The number of nitrogens with zero attached hydrogens (tertiary/aromatic N) is 1. The highest BCUT2D eigenvalue weighted by molar-refractivity contribution is 5.95. The first-order valence-electron chi connectivity index (χ1n) is 11.5. The van der Waals surface area contributed by atoms with Crippen molar-refractivity contribution in [2.45, 2.75) is 38.8 Å². The topological polar surface area (TPSA) is 41.6 Å². The molecule has 1 heterocycles. The van der Waals surface area contributed by atoms with Crippen LogP contribution in [-0.4, -0.2) is 31.0 Å². The summed E-state index contributed by atoms with van der Waals surface area (Å²) in [5.74, 6) is 0.949. The average molecular weight is 429 g/mol. The zero-order valence-electron chi connectivity index (χ0n) is 18.8. The van der Waals surface area contributed by atoms with Gasteiger partial charge in [-0.25, -0.2) is 0 Å². The molecule has 4 heteroatoms. The minimum atomic E-state index is 0.0301. The SMILES string of the molecule is COc1ccc2c(c1)CCN(Cc1ccccc1C(=O)NCCCCc1ccccc1)C2. The molecule has 0 aliphatic carbocycles. The summed E-state index contributed by atoms with van der Waals surface area (Å²) < 4.78 is 5.36. The maximum Gasteiger partial charge on any atom is 0.251 e. The Morgan fingerprint density at radius 2 is 1.78 bits per heavy atom. The van der Waals surface area contributed by atoms with Crippen LogP contribution in [0.4, 0.5) is 0 Å². The van der Waals surface area contributed by atoms with Crippen LogP contribution in [0.2, 0.25) is 0 Å². The molecule has 1 aliphatic rings. The van der Waals surface area contributed by atoms with Gasteiger partial charge in [-0.3, -0.25) is 9.69 Å². The first-order chi connectivity index (χ1) is 15.7. The maximum atomic E-state index is 12.9. The van der Waals surface area contributed by atoms with Crippen molar-refractivity contribution in [2.75, 3.05) is 20.2 Å². The van der Waals surface area contributed by atoms with Gasteiger partial charge in [0, 0.05) is 31.7 Å². The summed E-state index contributed by atoms with van der Waals surface area (Å²) in [5, 5.41) is 3.12. The number of carbonyl (C=O) groups is 1. The standard InChI is InChI=1S/C28H32N2O2/c1-32-26-15-14-24-20-30(18-16-23(24)19-26)21-25-12-5-6-13-27(25)28(31)29-17-8-7-11-22-9-3-2-4-10-22/h2-6,9-10,12-15,19H,7-8,11,16-18,20-21H2,1H3,(H,29,31). The van der Waals surface area contributed by atoms with Crippen molar-refractivity contribution in [3.8, 4) is 5.75 Å². The monoisotopic (exact) mass is 428 g/mol. The zero-order chi connectivity index (χ0) is 22.2. The molecule has 166 valence electrons. The van der Waals surface area contributed by atoms with Crippen LogP contribution < -0.4 is 10.1 Å². The summed E-state index contributed by atoms with van der Waals surface area (Å²) in [7, 11) is 1.71. The van der Waals surface area contributed by atoms with Gasteiger partial charge in [0.1, 0.15) is 5.75 Å². The van der Waals surface area contributed by atoms with E-state index >= 15 is 0 Å². The van der Waals surface area contributed by atoms with Gasteiger partial charge in [0.15, 0.2) is 0 Å². The molecule has 1 aliphatic heterocycles. The number of methoxy groups -OCH3 is 1. The summed E-state index contributed by atoms with van der Waals surface area (Å²) in [5.41, 5.74) is 5.94. The molecular weight excluding hydrogens is 396 g/mol. The van der Waals surface area contributed by atoms with Crippen LogP contribution in [0.15, 0.2) is 72.8 Å². The summed E-state index contributed by atoms with van der Waals surface area (Å²) in [4.78, 5) is 15.3. The van der Waals surface area contributed by atoms with Crippen LogP contribution in [0.5, 0.6) is 5.75 Å². The van der Waals surface area contributed by atoms with E-state index in [0.29, 0.717) is 6.54 Å². The quantitative estimate of drug-likeness (QED) is 0.487. The van der Waals surface area contributed by atoms with Crippen LogP contribution in [0.25, 0.3) is 0 Å². The molecule has 0 spiro atoms. The number of rotatable bonds is 9. The van der Waals surface area contributed by atoms with E-state index < -0.39 is 0 Å². The molecule has 0 atom stereocenters. The van der Waals surface area contributed by atoms with Gasteiger partial charge in [0.2, 0.25) is 0 Å². The van der Waals surface area contributed by atoms with Crippen LogP contribution >= 0.6 is 0 Å². The van der Waals surface area contributed by atoms with Gasteiger partial charge in [-0.1, -0.05) is 54.6 Å². The first kappa shape index (κ1) is 22.1. The number of hydrogen-bond acceptors (Lipinski definition) is 3. The van der Waals surface area contributed by atoms with Crippen molar-refractivity contribution in [1.29, 1.82) is 0 Å². The van der Waals surface area contributed by atoms with Gasteiger partial charge >= 0.3 is 0 Å². The lowest BCUT2D eigenvalue weighted by molar-refractivity contribution is 0.0950. The van der Waals surface area contributed by atoms with Crippen molar-refractivity contribution >= 4 is 5.91 Å². The van der Waals surface area contributed by atoms with E-state index in [4.69, 9.17) is 4.74 Å². The summed E-state index contributed by atoms with van der Waals surface area (Å²) in [6, 6.07) is 24.8. The Labute approximate surface area is 191 Å². The fraction of sp³-hybridized carbons (Fsp3) is 0.321. The van der Waals surface area contributed by atoms with Crippen molar-refractivity contribution in [2.24, 2.45) is 0 Å². The van der Waals surface area contributed by atoms with Crippen molar-refractivity contribution in [1.82, 2.24) is 10.2 Å². The third kappa shape index (κ3) is 5.77. The molecule has 0 radical (unpaired) electrons. The number of amides is 1. The van der Waals surface area contributed by atoms with Gasteiger partial charge in [-0.2, -0.15) is 0 Å². The van der Waals surface area contributed by atoms with Crippen molar-refractivity contribution in [3.05, 3.63) is 101 Å². The molecule has 0 unspecified atom stereocenters. The lowest BCUT2D eigenvalue weighted by Gasteiger charge is -2.29. The molecular formula is C28H32N2O2. The second kappa shape index (κ2) is 11.0. The number of benzene rings is 3. The van der Waals surface area contributed by atoms with Crippen LogP contribution in [0.1, 0.15) is 45.5 Å². The Kier molecular flexibility index (Phi) is 7.57. The van der Waals surface area contributed by atoms with Gasteiger partial charge in [0.25, 0.3) is 5.91 Å². The van der Waals surface area contributed by atoms with Crippen LogP contribution in [0.3, 0.4) is 0 Å². The highest BCUT2D eigenvalue weighted by Gasteiger charge is 2.19. The summed E-state index contributed by atoms with van der Waals surface area (Å²) in [6.45, 7) is 3.37. The second-order valence-electron chi connectivity index (χ2n) is 8.45. The molecule has 4 nitrogen and oxygen atoms in total. The summed E-state index contributed by atoms with van der Waals surface area (Å²) >= 11 is 0. The van der Waals surface area contributed by atoms with Crippen LogP contribution in [-0.2, 0) is 25.9 Å². The van der Waals surface area contributed by atoms with E-state index in [1.807, 2.05) is 30.3 Å². The molecule has 0 fully saturated rings. The Bertz CT molecular complexity index is 1030. The van der Waals surface area contributed by atoms with E-state index in [1.165, 1.54) is 16.7 Å². The van der Waals surface area contributed by atoms with Gasteiger partial charge in [0.05, 0.1) is 7.11 Å². The number of hydrogen-bond donors (Lipinski definition) is 1. The molecule has 32 heavy (non-hydrogen) atoms. The molecule has 3 aromatic rings. The van der Waals surface area contributed by atoms with Gasteiger partial charge in [-0.15, -0.1) is 0 Å². The minimum absolute atomic E-state index is 0.0301. The molecule has 0 bridgehead atoms. The van der Waals surface area contributed by atoms with E-state index in [1.54, 1.807) is 7.11 Å². The minimum Gasteiger partial charge on any atom is -0.497 e. The van der Waals surface area contributed by atoms with Gasteiger partial charge in [-0.05, 0) is 66.1 Å². The lowest BCUT2D eigenvalue weighted by atomic mass is 9.98. The second-order valence-corrected chi connectivity index (χ2v) is 8.45. The molecule has 1 N–H and O–H groups in total. The largest absolute Gasteiger partial charge is 0.497 e. The number of unbranched alkanes of at least 4 members (excludes halogenated alkanes) is 1. The fourth-order valence-corrected chi connectivity index (χ4v) is 4.37. The van der Waals surface area contributed by atoms with E-state index in [9.17, 15) is 4.79 Å². The molecule has 0 saturated heterocycles. The predicted octanol–water partition coefficient (Wildman–Crippen LogP) is 5.01. The smallest absolute Gasteiger partial charge is 0.251 e. The summed E-state index contributed by atoms with van der Waals surface area (Å²) in [6.07, 6.45) is 4.11. The Balaban J connectivity index is 1.30. The fourth-order valence-electron chi connectivity index (χ4n) is 4.37. The number of carbonyl (C=O) groups excluding carboxylic acids is 1. The Morgan fingerprint density at radius 3 is 2.62 bits per heavy atom. The molecule has 3 aromatic carbocycles. The number of nitrogens with one attached hydrogen (secondary N) is 1. The molecule has 1 amide bonds. The predicted molar refractivity (Wildman–Crippen MR) is 129 cm³/mol. The van der Waals surface area contributed by atoms with E-state index in [2.05, 4.69) is 52.7 Å².